The number of halogens is 1. The first-order chi connectivity index (χ1) is 7.83. The SMILES string of the molecule is CCCNC(C1=CCCO1)c1ccoc1Br. The van der Waals surface area contributed by atoms with E-state index < -0.39 is 0 Å². The van der Waals surface area contributed by atoms with Crippen molar-refractivity contribution in [2.24, 2.45) is 0 Å². The van der Waals surface area contributed by atoms with E-state index in [4.69, 9.17) is 9.15 Å². The van der Waals surface area contributed by atoms with Gasteiger partial charge in [-0.15, -0.1) is 0 Å². The van der Waals surface area contributed by atoms with Gasteiger partial charge in [0.1, 0.15) is 5.76 Å². The Morgan fingerprint density at radius 1 is 1.56 bits per heavy atom. The van der Waals surface area contributed by atoms with Gasteiger partial charge in [0.25, 0.3) is 0 Å². The molecule has 1 aromatic rings. The third kappa shape index (κ3) is 2.50. The summed E-state index contributed by atoms with van der Waals surface area (Å²) < 4.78 is 11.7. The van der Waals surface area contributed by atoms with E-state index in [2.05, 4.69) is 34.2 Å². The molecule has 1 atom stereocenters. The first-order valence-electron chi connectivity index (χ1n) is 5.62. The number of rotatable bonds is 5. The quantitative estimate of drug-likeness (QED) is 0.901. The van der Waals surface area contributed by atoms with E-state index in [1.165, 1.54) is 0 Å². The molecule has 1 unspecified atom stereocenters. The van der Waals surface area contributed by atoms with Gasteiger partial charge < -0.3 is 14.5 Å². The molecule has 0 fully saturated rings. The second-order valence-corrected chi connectivity index (χ2v) is 4.50. The molecule has 3 nitrogen and oxygen atoms in total. The van der Waals surface area contributed by atoms with E-state index in [0.29, 0.717) is 0 Å². The summed E-state index contributed by atoms with van der Waals surface area (Å²) in [4.78, 5) is 0. The minimum atomic E-state index is 0.107. The summed E-state index contributed by atoms with van der Waals surface area (Å²) in [5.74, 6) is 1.01. The molecule has 0 saturated heterocycles. The molecule has 4 heteroatoms. The van der Waals surface area contributed by atoms with Crippen LogP contribution in [-0.4, -0.2) is 13.2 Å². The lowest BCUT2D eigenvalue weighted by atomic mass is 10.1. The number of hydrogen-bond donors (Lipinski definition) is 1. The smallest absolute Gasteiger partial charge is 0.174 e. The van der Waals surface area contributed by atoms with Crippen LogP contribution >= 0.6 is 15.9 Å². The molecule has 0 radical (unpaired) electrons. The predicted octanol–water partition coefficient (Wildman–Crippen LogP) is 3.39. The van der Waals surface area contributed by atoms with Crippen LogP contribution < -0.4 is 5.32 Å². The van der Waals surface area contributed by atoms with Crippen LogP contribution in [0.4, 0.5) is 0 Å². The van der Waals surface area contributed by atoms with Crippen molar-refractivity contribution in [2.75, 3.05) is 13.2 Å². The number of hydrogen-bond acceptors (Lipinski definition) is 3. The summed E-state index contributed by atoms with van der Waals surface area (Å²) in [7, 11) is 0. The van der Waals surface area contributed by atoms with Crippen molar-refractivity contribution in [3.8, 4) is 0 Å². The summed E-state index contributed by atoms with van der Waals surface area (Å²) in [5, 5.41) is 3.47. The zero-order valence-corrected chi connectivity index (χ0v) is 10.9. The normalized spacial score (nSPS) is 17.0. The van der Waals surface area contributed by atoms with E-state index in [-0.39, 0.29) is 6.04 Å². The van der Waals surface area contributed by atoms with Crippen molar-refractivity contribution < 1.29 is 9.15 Å². The molecule has 0 spiro atoms. The summed E-state index contributed by atoms with van der Waals surface area (Å²) in [5.41, 5.74) is 1.10. The van der Waals surface area contributed by atoms with Gasteiger partial charge in [-0.3, -0.25) is 0 Å². The Morgan fingerprint density at radius 2 is 2.44 bits per heavy atom. The van der Waals surface area contributed by atoms with Crippen LogP contribution in [0.15, 0.2) is 33.3 Å². The summed E-state index contributed by atoms with van der Waals surface area (Å²) in [6.45, 7) is 3.90. The average molecular weight is 286 g/mol. The van der Waals surface area contributed by atoms with Crippen molar-refractivity contribution in [2.45, 2.75) is 25.8 Å². The monoisotopic (exact) mass is 285 g/mol. The molecule has 2 heterocycles. The fourth-order valence-corrected chi connectivity index (χ4v) is 2.27. The topological polar surface area (TPSA) is 34.4 Å². The van der Waals surface area contributed by atoms with Gasteiger partial charge in [0.2, 0.25) is 0 Å². The van der Waals surface area contributed by atoms with Gasteiger partial charge in [0, 0.05) is 12.0 Å². The van der Waals surface area contributed by atoms with Gasteiger partial charge in [0.05, 0.1) is 18.9 Å². The van der Waals surface area contributed by atoms with Gasteiger partial charge in [-0.2, -0.15) is 0 Å². The van der Waals surface area contributed by atoms with Gasteiger partial charge in [-0.25, -0.2) is 0 Å². The molecule has 0 aliphatic carbocycles. The van der Waals surface area contributed by atoms with Crippen molar-refractivity contribution in [3.63, 3.8) is 0 Å². The molecule has 1 aromatic heterocycles. The van der Waals surface area contributed by atoms with Crippen LogP contribution in [0.3, 0.4) is 0 Å². The fraction of sp³-hybridized carbons (Fsp3) is 0.500. The van der Waals surface area contributed by atoms with E-state index in [0.717, 1.165) is 42.0 Å². The molecule has 0 saturated carbocycles. The maximum Gasteiger partial charge on any atom is 0.174 e. The van der Waals surface area contributed by atoms with Gasteiger partial charge in [-0.1, -0.05) is 6.92 Å². The lowest BCUT2D eigenvalue weighted by molar-refractivity contribution is 0.215. The molecule has 0 amide bonds. The predicted molar refractivity (Wildman–Crippen MR) is 66.1 cm³/mol. The lowest BCUT2D eigenvalue weighted by Gasteiger charge is -2.18. The highest BCUT2D eigenvalue weighted by molar-refractivity contribution is 9.10. The lowest BCUT2D eigenvalue weighted by Crippen LogP contribution is -2.24. The summed E-state index contributed by atoms with van der Waals surface area (Å²) >= 11 is 3.42. The van der Waals surface area contributed by atoms with E-state index in [9.17, 15) is 0 Å². The molecule has 0 bridgehead atoms. The molecule has 1 aliphatic heterocycles. The Balaban J connectivity index is 2.17. The Labute approximate surface area is 104 Å². The Hall–Kier alpha value is -0.740. The maximum atomic E-state index is 5.63. The molecule has 1 aliphatic rings. The van der Waals surface area contributed by atoms with E-state index in [1.807, 2.05) is 6.07 Å². The highest BCUT2D eigenvalue weighted by atomic mass is 79.9. The van der Waals surface area contributed by atoms with Crippen molar-refractivity contribution in [3.05, 3.63) is 34.4 Å². The standard InChI is InChI=1S/C12H16BrNO2/c1-2-6-14-11(10-4-3-7-15-10)9-5-8-16-12(9)13/h4-5,8,11,14H,2-3,6-7H2,1H3. The second-order valence-electron chi connectivity index (χ2n) is 3.78. The first kappa shape index (κ1) is 11.7. The molecule has 1 N–H and O–H groups in total. The molecular formula is C12H16BrNO2. The fourth-order valence-electron chi connectivity index (χ4n) is 1.80. The zero-order chi connectivity index (χ0) is 11.4. The summed E-state index contributed by atoms with van der Waals surface area (Å²) in [6.07, 6.45) is 5.93. The van der Waals surface area contributed by atoms with Gasteiger partial charge in [-0.05, 0) is 41.0 Å². The third-order valence-corrected chi connectivity index (χ3v) is 3.22. The van der Waals surface area contributed by atoms with Gasteiger partial charge in [0.15, 0.2) is 4.67 Å². The Morgan fingerprint density at radius 3 is 3.00 bits per heavy atom. The van der Waals surface area contributed by atoms with Gasteiger partial charge >= 0.3 is 0 Å². The molecule has 88 valence electrons. The highest BCUT2D eigenvalue weighted by Crippen LogP contribution is 2.32. The van der Waals surface area contributed by atoms with Crippen LogP contribution in [0.25, 0.3) is 0 Å². The number of furan rings is 1. The van der Waals surface area contributed by atoms with E-state index >= 15 is 0 Å². The Bertz CT molecular complexity index is 373. The Kier molecular flexibility index (Phi) is 4.07. The zero-order valence-electron chi connectivity index (χ0n) is 9.33. The number of nitrogens with one attached hydrogen (secondary N) is 1. The molecule has 16 heavy (non-hydrogen) atoms. The molecule has 2 rings (SSSR count). The average Bonchev–Trinajstić information content (AvgIpc) is 2.91. The minimum absolute atomic E-state index is 0.107. The van der Waals surface area contributed by atoms with E-state index in [1.54, 1.807) is 6.26 Å². The van der Waals surface area contributed by atoms with Crippen LogP contribution in [0.5, 0.6) is 0 Å². The second kappa shape index (κ2) is 5.55. The highest BCUT2D eigenvalue weighted by Gasteiger charge is 2.23. The largest absolute Gasteiger partial charge is 0.496 e. The van der Waals surface area contributed by atoms with Crippen LogP contribution in [0.1, 0.15) is 31.4 Å². The molecule has 0 aromatic carbocycles. The minimum Gasteiger partial charge on any atom is -0.496 e. The van der Waals surface area contributed by atoms with Crippen molar-refractivity contribution in [1.82, 2.24) is 5.32 Å². The first-order valence-corrected chi connectivity index (χ1v) is 6.41. The molecular weight excluding hydrogens is 270 g/mol. The summed E-state index contributed by atoms with van der Waals surface area (Å²) in [6, 6.07) is 2.08. The van der Waals surface area contributed by atoms with Crippen LogP contribution in [0, 0.1) is 0 Å². The van der Waals surface area contributed by atoms with Crippen LogP contribution in [0.2, 0.25) is 0 Å². The number of ether oxygens (including phenoxy) is 1. The maximum absolute atomic E-state index is 5.63. The van der Waals surface area contributed by atoms with Crippen LogP contribution in [-0.2, 0) is 4.74 Å². The third-order valence-electron chi connectivity index (χ3n) is 2.57. The van der Waals surface area contributed by atoms with Crippen molar-refractivity contribution in [1.29, 1.82) is 0 Å². The van der Waals surface area contributed by atoms with Crippen molar-refractivity contribution >= 4 is 15.9 Å².